The Hall–Kier alpha value is -1.62. The summed E-state index contributed by atoms with van der Waals surface area (Å²) in [5, 5.41) is 3.34. The molecule has 0 unspecified atom stereocenters. The number of carbonyl (C=O) groups excluding carboxylic acids is 1. The van der Waals surface area contributed by atoms with E-state index in [0.717, 1.165) is 25.9 Å². The molecule has 1 fully saturated rings. The number of pyridine rings is 1. The predicted molar refractivity (Wildman–Crippen MR) is 83.4 cm³/mol. The van der Waals surface area contributed by atoms with Crippen LogP contribution in [0.3, 0.4) is 0 Å². The minimum atomic E-state index is -0.502. The number of nitrogens with zero attached hydrogens (tertiary/aromatic N) is 2. The number of carbonyl (C=O) groups is 1. The van der Waals surface area contributed by atoms with Gasteiger partial charge in [0, 0.05) is 12.7 Å². The van der Waals surface area contributed by atoms with Gasteiger partial charge in [0.05, 0.1) is 0 Å². The summed E-state index contributed by atoms with van der Waals surface area (Å²) < 4.78 is 5.53. The Morgan fingerprint density at radius 3 is 2.67 bits per heavy atom. The van der Waals surface area contributed by atoms with E-state index in [4.69, 9.17) is 4.74 Å². The molecule has 116 valence electrons. The van der Waals surface area contributed by atoms with Gasteiger partial charge in [-0.1, -0.05) is 6.07 Å². The van der Waals surface area contributed by atoms with Crippen LogP contribution in [0.25, 0.3) is 0 Å². The molecule has 0 aliphatic carbocycles. The molecule has 1 aliphatic rings. The van der Waals surface area contributed by atoms with Crippen molar-refractivity contribution in [1.29, 1.82) is 0 Å². The van der Waals surface area contributed by atoms with Gasteiger partial charge in [0.25, 0.3) is 0 Å². The van der Waals surface area contributed by atoms with Crippen molar-refractivity contribution in [2.24, 2.45) is 5.92 Å². The smallest absolute Gasteiger partial charge is 0.416 e. The van der Waals surface area contributed by atoms with E-state index in [0.29, 0.717) is 18.3 Å². The summed E-state index contributed by atoms with van der Waals surface area (Å²) in [5.41, 5.74) is -0.502. The van der Waals surface area contributed by atoms with Gasteiger partial charge in [-0.3, -0.25) is 4.90 Å². The highest BCUT2D eigenvalue weighted by Crippen LogP contribution is 2.20. The van der Waals surface area contributed by atoms with Gasteiger partial charge in [0.1, 0.15) is 11.4 Å². The van der Waals surface area contributed by atoms with Crippen molar-refractivity contribution < 1.29 is 9.53 Å². The molecule has 1 aromatic rings. The SMILES string of the molecule is CC(C)(C)OC(=O)N(CC1CCNCC1)c1ccccn1. The van der Waals surface area contributed by atoms with Gasteiger partial charge in [-0.15, -0.1) is 0 Å². The second-order valence-corrected chi connectivity index (χ2v) is 6.47. The second-order valence-electron chi connectivity index (χ2n) is 6.47. The molecule has 2 rings (SSSR count). The lowest BCUT2D eigenvalue weighted by molar-refractivity contribution is 0.0571. The molecule has 1 aliphatic heterocycles. The van der Waals surface area contributed by atoms with E-state index in [2.05, 4.69) is 10.3 Å². The first-order chi connectivity index (χ1) is 9.96. The fraction of sp³-hybridized carbons (Fsp3) is 0.625. The maximum absolute atomic E-state index is 12.5. The Labute approximate surface area is 126 Å². The van der Waals surface area contributed by atoms with Gasteiger partial charge < -0.3 is 10.1 Å². The number of amides is 1. The molecule has 1 N–H and O–H groups in total. The van der Waals surface area contributed by atoms with Crippen molar-refractivity contribution in [3.05, 3.63) is 24.4 Å². The number of piperidine rings is 1. The second kappa shape index (κ2) is 6.89. The van der Waals surface area contributed by atoms with Gasteiger partial charge in [-0.25, -0.2) is 9.78 Å². The molecule has 0 atom stereocenters. The van der Waals surface area contributed by atoms with Crippen LogP contribution in [0.2, 0.25) is 0 Å². The first-order valence-corrected chi connectivity index (χ1v) is 7.58. The average Bonchev–Trinajstić information content (AvgIpc) is 2.45. The van der Waals surface area contributed by atoms with Crippen LogP contribution in [0.4, 0.5) is 10.6 Å². The van der Waals surface area contributed by atoms with Gasteiger partial charge in [0.2, 0.25) is 0 Å². The van der Waals surface area contributed by atoms with Crippen LogP contribution in [0, 0.1) is 5.92 Å². The lowest BCUT2D eigenvalue weighted by Crippen LogP contribution is -2.42. The lowest BCUT2D eigenvalue weighted by atomic mass is 9.97. The Balaban J connectivity index is 2.12. The van der Waals surface area contributed by atoms with E-state index in [-0.39, 0.29) is 6.09 Å². The molecule has 0 bridgehead atoms. The lowest BCUT2D eigenvalue weighted by Gasteiger charge is -2.31. The van der Waals surface area contributed by atoms with Crippen LogP contribution >= 0.6 is 0 Å². The van der Waals surface area contributed by atoms with Crippen LogP contribution < -0.4 is 10.2 Å². The van der Waals surface area contributed by atoms with Gasteiger partial charge in [-0.05, 0) is 64.8 Å². The monoisotopic (exact) mass is 291 g/mol. The highest BCUT2D eigenvalue weighted by molar-refractivity contribution is 5.86. The molecule has 1 aromatic heterocycles. The molecule has 0 aromatic carbocycles. The zero-order valence-corrected chi connectivity index (χ0v) is 13.1. The summed E-state index contributed by atoms with van der Waals surface area (Å²) in [7, 11) is 0. The molecule has 0 radical (unpaired) electrons. The summed E-state index contributed by atoms with van der Waals surface area (Å²) in [4.78, 5) is 18.5. The number of hydrogen-bond acceptors (Lipinski definition) is 4. The van der Waals surface area contributed by atoms with E-state index in [1.165, 1.54) is 0 Å². The molecule has 0 spiro atoms. The first-order valence-electron chi connectivity index (χ1n) is 7.58. The van der Waals surface area contributed by atoms with Crippen LogP contribution in [0.1, 0.15) is 33.6 Å². The average molecular weight is 291 g/mol. The fourth-order valence-corrected chi connectivity index (χ4v) is 2.41. The highest BCUT2D eigenvalue weighted by Gasteiger charge is 2.27. The van der Waals surface area contributed by atoms with E-state index in [1.54, 1.807) is 11.1 Å². The summed E-state index contributed by atoms with van der Waals surface area (Å²) in [5.74, 6) is 1.14. The van der Waals surface area contributed by atoms with Crippen LogP contribution in [-0.4, -0.2) is 36.3 Å². The van der Waals surface area contributed by atoms with E-state index >= 15 is 0 Å². The zero-order valence-electron chi connectivity index (χ0n) is 13.1. The number of anilines is 1. The topological polar surface area (TPSA) is 54.5 Å². The van der Waals surface area contributed by atoms with Crippen LogP contribution in [-0.2, 0) is 4.74 Å². The Morgan fingerprint density at radius 2 is 2.10 bits per heavy atom. The molecule has 21 heavy (non-hydrogen) atoms. The summed E-state index contributed by atoms with van der Waals surface area (Å²) in [6, 6.07) is 5.59. The number of nitrogens with one attached hydrogen (secondary N) is 1. The van der Waals surface area contributed by atoms with Crippen molar-refractivity contribution in [1.82, 2.24) is 10.3 Å². The van der Waals surface area contributed by atoms with E-state index in [9.17, 15) is 4.79 Å². The fourth-order valence-electron chi connectivity index (χ4n) is 2.41. The highest BCUT2D eigenvalue weighted by atomic mass is 16.6. The van der Waals surface area contributed by atoms with Gasteiger partial charge in [0.15, 0.2) is 0 Å². The Bertz CT molecular complexity index is 450. The largest absolute Gasteiger partial charge is 0.443 e. The minimum absolute atomic E-state index is 0.320. The molecular formula is C16H25N3O2. The molecule has 5 nitrogen and oxygen atoms in total. The summed E-state index contributed by atoms with van der Waals surface area (Å²) in [6.45, 7) is 8.32. The molecule has 5 heteroatoms. The minimum Gasteiger partial charge on any atom is -0.443 e. The third-order valence-electron chi connectivity index (χ3n) is 3.44. The predicted octanol–water partition coefficient (Wildman–Crippen LogP) is 2.82. The summed E-state index contributed by atoms with van der Waals surface area (Å²) >= 11 is 0. The van der Waals surface area contributed by atoms with Crippen LogP contribution in [0.5, 0.6) is 0 Å². The number of rotatable bonds is 3. The molecule has 2 heterocycles. The number of ether oxygens (including phenoxy) is 1. The molecular weight excluding hydrogens is 266 g/mol. The standard InChI is InChI=1S/C16H25N3O2/c1-16(2,3)21-15(20)19(14-6-4-5-9-18-14)12-13-7-10-17-11-8-13/h4-6,9,13,17H,7-8,10-12H2,1-3H3. The van der Waals surface area contributed by atoms with Crippen molar-refractivity contribution in [2.45, 2.75) is 39.2 Å². The van der Waals surface area contributed by atoms with Crippen molar-refractivity contribution in [3.63, 3.8) is 0 Å². The summed E-state index contributed by atoms with van der Waals surface area (Å²) in [6.07, 6.45) is 3.53. The van der Waals surface area contributed by atoms with Crippen molar-refractivity contribution in [3.8, 4) is 0 Å². The number of aromatic nitrogens is 1. The Kier molecular flexibility index (Phi) is 5.17. The third kappa shape index (κ3) is 5.01. The maximum Gasteiger partial charge on any atom is 0.416 e. The Morgan fingerprint density at radius 1 is 1.38 bits per heavy atom. The normalized spacial score (nSPS) is 16.5. The molecule has 1 amide bonds. The third-order valence-corrected chi connectivity index (χ3v) is 3.44. The maximum atomic E-state index is 12.5. The number of hydrogen-bond donors (Lipinski definition) is 1. The first kappa shape index (κ1) is 15.8. The molecule has 0 saturated carbocycles. The molecule has 1 saturated heterocycles. The van der Waals surface area contributed by atoms with Gasteiger partial charge in [-0.2, -0.15) is 0 Å². The van der Waals surface area contributed by atoms with E-state index < -0.39 is 5.60 Å². The quantitative estimate of drug-likeness (QED) is 0.930. The van der Waals surface area contributed by atoms with Crippen molar-refractivity contribution >= 4 is 11.9 Å². The van der Waals surface area contributed by atoms with E-state index in [1.807, 2.05) is 39.0 Å². The van der Waals surface area contributed by atoms with Crippen molar-refractivity contribution in [2.75, 3.05) is 24.5 Å². The van der Waals surface area contributed by atoms with Gasteiger partial charge >= 0.3 is 6.09 Å². The van der Waals surface area contributed by atoms with Crippen LogP contribution in [0.15, 0.2) is 24.4 Å². The zero-order chi connectivity index (χ0) is 15.3.